The highest BCUT2D eigenvalue weighted by Gasteiger charge is 2.19. The fraction of sp³-hybridized carbons (Fsp3) is 0.0526. The van der Waals surface area contributed by atoms with E-state index in [1.165, 1.54) is 18.2 Å². The molecule has 0 aliphatic rings. The zero-order chi connectivity index (χ0) is 20.4. The van der Waals surface area contributed by atoms with E-state index in [0.717, 1.165) is 16.8 Å². The third-order valence-corrected chi connectivity index (χ3v) is 4.47. The number of halogens is 1. The molecule has 3 N–H and O–H groups in total. The number of nitrogens with one attached hydrogen (secondary N) is 2. The molecule has 9 heteroatoms. The molecule has 0 aliphatic carbocycles. The first-order valence-electron chi connectivity index (χ1n) is 8.05. The van der Waals surface area contributed by atoms with E-state index in [0.29, 0.717) is 5.56 Å². The molecule has 0 aliphatic heterocycles. The van der Waals surface area contributed by atoms with Crippen molar-refractivity contribution in [3.05, 3.63) is 74.8 Å². The maximum atomic E-state index is 12.4. The number of hydrogen-bond acceptors (Lipinski definition) is 5. The number of aromatic hydroxyl groups is 1. The van der Waals surface area contributed by atoms with Crippen LogP contribution in [0, 0.1) is 17.0 Å². The van der Waals surface area contributed by atoms with E-state index in [-0.39, 0.29) is 27.7 Å². The van der Waals surface area contributed by atoms with Gasteiger partial charge in [0, 0.05) is 12.1 Å². The van der Waals surface area contributed by atoms with E-state index in [1.807, 2.05) is 12.1 Å². The number of fused-ring (bicyclic) bond motifs is 1. The Balaban J connectivity index is 1.80. The number of non-ortho nitro benzene ring substituents is 1. The van der Waals surface area contributed by atoms with Crippen molar-refractivity contribution >= 4 is 45.7 Å². The van der Waals surface area contributed by atoms with Gasteiger partial charge in [-0.15, -0.1) is 0 Å². The molecule has 0 atom stereocenters. The van der Waals surface area contributed by atoms with Crippen LogP contribution in [0.25, 0.3) is 10.8 Å². The van der Waals surface area contributed by atoms with Gasteiger partial charge in [0.25, 0.3) is 11.6 Å². The standard InChI is InChI=1S/C19H14ClN3O5/c1-10-13-5-3-2-4-11(13)8-14(17(10)24)18(25)22-19(26)21-16-7-6-12(23(27)28)9-15(16)20/h2-9,24H,1H3,(H2,21,22,25,26). The van der Waals surface area contributed by atoms with E-state index in [2.05, 4.69) is 10.6 Å². The van der Waals surface area contributed by atoms with Gasteiger partial charge in [0.05, 0.1) is 21.2 Å². The molecule has 3 amide bonds. The van der Waals surface area contributed by atoms with Gasteiger partial charge in [0.15, 0.2) is 0 Å². The second kappa shape index (κ2) is 7.53. The van der Waals surface area contributed by atoms with Crippen LogP contribution in [0.5, 0.6) is 5.75 Å². The van der Waals surface area contributed by atoms with Crippen molar-refractivity contribution in [1.29, 1.82) is 0 Å². The first-order chi connectivity index (χ1) is 13.3. The lowest BCUT2D eigenvalue weighted by molar-refractivity contribution is -0.384. The minimum atomic E-state index is -0.897. The Bertz CT molecular complexity index is 1130. The van der Waals surface area contributed by atoms with Gasteiger partial charge in [-0.2, -0.15) is 0 Å². The van der Waals surface area contributed by atoms with Crippen LogP contribution in [0.15, 0.2) is 48.5 Å². The molecule has 142 valence electrons. The Morgan fingerprint density at radius 3 is 2.54 bits per heavy atom. The fourth-order valence-corrected chi connectivity index (χ4v) is 2.96. The van der Waals surface area contributed by atoms with Gasteiger partial charge in [0.2, 0.25) is 0 Å². The van der Waals surface area contributed by atoms with Crippen LogP contribution in [0.2, 0.25) is 5.02 Å². The summed E-state index contributed by atoms with van der Waals surface area (Å²) in [6.07, 6.45) is 0. The quantitative estimate of drug-likeness (QED) is 0.445. The number of rotatable bonds is 3. The van der Waals surface area contributed by atoms with Gasteiger partial charge in [-0.1, -0.05) is 35.9 Å². The Morgan fingerprint density at radius 1 is 1.14 bits per heavy atom. The van der Waals surface area contributed by atoms with E-state index >= 15 is 0 Å². The molecule has 0 unspecified atom stereocenters. The Kier molecular flexibility index (Phi) is 5.14. The van der Waals surface area contributed by atoms with Gasteiger partial charge in [-0.3, -0.25) is 20.2 Å². The summed E-state index contributed by atoms with van der Waals surface area (Å²) in [5.41, 5.74) is 0.322. The molecule has 0 aromatic heterocycles. The Hall–Kier alpha value is -3.65. The number of urea groups is 1. The van der Waals surface area contributed by atoms with Crippen LogP contribution >= 0.6 is 11.6 Å². The number of phenolic OH excluding ortho intramolecular Hbond substituents is 1. The molecule has 0 bridgehead atoms. The van der Waals surface area contributed by atoms with Crippen molar-refractivity contribution in [2.45, 2.75) is 6.92 Å². The van der Waals surface area contributed by atoms with Crippen LogP contribution in [-0.2, 0) is 0 Å². The smallest absolute Gasteiger partial charge is 0.326 e. The second-order valence-corrected chi connectivity index (χ2v) is 6.36. The molecule has 8 nitrogen and oxygen atoms in total. The summed E-state index contributed by atoms with van der Waals surface area (Å²) in [4.78, 5) is 34.6. The Morgan fingerprint density at radius 2 is 1.86 bits per heavy atom. The molecule has 0 heterocycles. The van der Waals surface area contributed by atoms with Gasteiger partial charge in [-0.05, 0) is 35.4 Å². The summed E-state index contributed by atoms with van der Waals surface area (Å²) < 4.78 is 0. The van der Waals surface area contributed by atoms with Crippen molar-refractivity contribution in [3.63, 3.8) is 0 Å². The number of nitro benzene ring substituents is 1. The van der Waals surface area contributed by atoms with Crippen molar-refractivity contribution in [1.82, 2.24) is 5.32 Å². The SMILES string of the molecule is Cc1c(O)c(C(=O)NC(=O)Nc2ccc([N+](=O)[O-])cc2Cl)cc2ccccc12. The van der Waals surface area contributed by atoms with Crippen LogP contribution in [0.4, 0.5) is 16.2 Å². The monoisotopic (exact) mass is 399 g/mol. The number of nitrogens with zero attached hydrogens (tertiary/aromatic N) is 1. The number of nitro groups is 1. The van der Waals surface area contributed by atoms with Gasteiger partial charge in [-0.25, -0.2) is 4.79 Å². The van der Waals surface area contributed by atoms with E-state index in [9.17, 15) is 24.8 Å². The molecular formula is C19H14ClN3O5. The third kappa shape index (κ3) is 3.72. The highest BCUT2D eigenvalue weighted by molar-refractivity contribution is 6.34. The predicted molar refractivity (Wildman–Crippen MR) is 105 cm³/mol. The summed E-state index contributed by atoms with van der Waals surface area (Å²) in [5.74, 6) is -1.03. The van der Waals surface area contributed by atoms with Crippen LogP contribution in [0.1, 0.15) is 15.9 Å². The minimum Gasteiger partial charge on any atom is -0.507 e. The molecule has 0 spiro atoms. The summed E-state index contributed by atoms with van der Waals surface area (Å²) in [6, 6.07) is 11.3. The number of aryl methyl sites for hydroxylation is 1. The molecular weight excluding hydrogens is 386 g/mol. The van der Waals surface area contributed by atoms with Crippen LogP contribution in [-0.4, -0.2) is 22.0 Å². The first kappa shape index (κ1) is 19.1. The lowest BCUT2D eigenvalue weighted by Crippen LogP contribution is -2.34. The lowest BCUT2D eigenvalue weighted by Gasteiger charge is -2.12. The molecule has 3 aromatic rings. The van der Waals surface area contributed by atoms with Crippen molar-refractivity contribution in [2.75, 3.05) is 5.32 Å². The second-order valence-electron chi connectivity index (χ2n) is 5.95. The molecule has 3 aromatic carbocycles. The van der Waals surface area contributed by atoms with Crippen LogP contribution < -0.4 is 10.6 Å². The fourth-order valence-electron chi connectivity index (χ4n) is 2.73. The number of amides is 3. The molecule has 0 saturated heterocycles. The average Bonchev–Trinajstić information content (AvgIpc) is 2.66. The predicted octanol–water partition coefficient (Wildman–Crippen LogP) is 4.38. The highest BCUT2D eigenvalue weighted by Crippen LogP contribution is 2.30. The molecule has 28 heavy (non-hydrogen) atoms. The molecule has 3 rings (SSSR count). The van der Waals surface area contributed by atoms with E-state index in [1.54, 1.807) is 19.1 Å². The number of carbonyl (C=O) groups is 2. The summed E-state index contributed by atoms with van der Waals surface area (Å²) in [7, 11) is 0. The number of carbonyl (C=O) groups excluding carboxylic acids is 2. The lowest BCUT2D eigenvalue weighted by atomic mass is 10.00. The third-order valence-electron chi connectivity index (χ3n) is 4.16. The molecule has 0 saturated carbocycles. The van der Waals surface area contributed by atoms with Gasteiger partial charge >= 0.3 is 6.03 Å². The van der Waals surface area contributed by atoms with E-state index < -0.39 is 16.9 Å². The zero-order valence-corrected chi connectivity index (χ0v) is 15.3. The number of phenols is 1. The summed E-state index contributed by atoms with van der Waals surface area (Å²) >= 11 is 5.91. The van der Waals surface area contributed by atoms with Crippen molar-refractivity contribution < 1.29 is 19.6 Å². The maximum absolute atomic E-state index is 12.4. The number of benzene rings is 3. The topological polar surface area (TPSA) is 122 Å². The zero-order valence-electron chi connectivity index (χ0n) is 14.5. The first-order valence-corrected chi connectivity index (χ1v) is 8.43. The van der Waals surface area contributed by atoms with Crippen molar-refractivity contribution in [3.8, 4) is 5.75 Å². The highest BCUT2D eigenvalue weighted by atomic mass is 35.5. The molecule has 0 radical (unpaired) electrons. The minimum absolute atomic E-state index is 0.0544. The van der Waals surface area contributed by atoms with Gasteiger partial charge in [0.1, 0.15) is 5.75 Å². The average molecular weight is 400 g/mol. The maximum Gasteiger partial charge on any atom is 0.326 e. The summed E-state index contributed by atoms with van der Waals surface area (Å²) in [5, 5.41) is 27.0. The van der Waals surface area contributed by atoms with Crippen LogP contribution in [0.3, 0.4) is 0 Å². The van der Waals surface area contributed by atoms with E-state index in [4.69, 9.17) is 11.6 Å². The normalized spacial score (nSPS) is 10.5. The number of anilines is 1. The number of hydrogen-bond donors (Lipinski definition) is 3. The summed E-state index contributed by atoms with van der Waals surface area (Å²) in [6.45, 7) is 1.67. The largest absolute Gasteiger partial charge is 0.507 e. The Labute approximate surface area is 163 Å². The van der Waals surface area contributed by atoms with Gasteiger partial charge < -0.3 is 10.4 Å². The van der Waals surface area contributed by atoms with Crippen molar-refractivity contribution in [2.24, 2.45) is 0 Å². The molecule has 0 fully saturated rings. The number of imide groups is 1.